The second kappa shape index (κ2) is 21.5. The van der Waals surface area contributed by atoms with E-state index >= 15 is 0 Å². The summed E-state index contributed by atoms with van der Waals surface area (Å²) in [5.41, 5.74) is 1.66. The van der Waals surface area contributed by atoms with Gasteiger partial charge in [-0.2, -0.15) is 11.8 Å². The summed E-state index contributed by atoms with van der Waals surface area (Å²) >= 11 is 1.16. The van der Waals surface area contributed by atoms with Crippen molar-refractivity contribution >= 4 is 72.6 Å². The predicted octanol–water partition coefficient (Wildman–Crippen LogP) is 2.84. The van der Waals surface area contributed by atoms with E-state index in [0.29, 0.717) is 22.4 Å². The monoisotopic (exact) mass is 924 g/mol. The van der Waals surface area contributed by atoms with Crippen molar-refractivity contribution in [1.82, 2.24) is 15.7 Å². The van der Waals surface area contributed by atoms with E-state index < -0.39 is 86.8 Å². The molecular weight excluding hydrogens is 884 g/mol. The summed E-state index contributed by atoms with van der Waals surface area (Å²) in [7, 11) is -4.97. The maximum atomic E-state index is 12.8. The number of ether oxygens (including phenoxy) is 1. The van der Waals surface area contributed by atoms with Gasteiger partial charge in [-0.15, -0.1) is 0 Å². The lowest BCUT2D eigenvalue weighted by Gasteiger charge is -2.35. The van der Waals surface area contributed by atoms with Gasteiger partial charge in [0.25, 0.3) is 5.91 Å². The summed E-state index contributed by atoms with van der Waals surface area (Å²) < 4.78 is 22.9. The van der Waals surface area contributed by atoms with E-state index in [4.69, 9.17) is 9.84 Å². The number of carbonyl (C=O) groups is 8. The number of thioether (sulfide) groups is 1. The van der Waals surface area contributed by atoms with Gasteiger partial charge in [-0.1, -0.05) is 30.3 Å². The van der Waals surface area contributed by atoms with Crippen LogP contribution in [0.1, 0.15) is 62.6 Å². The van der Waals surface area contributed by atoms with Crippen LogP contribution in [0.4, 0.5) is 5.69 Å². The van der Waals surface area contributed by atoms with Crippen LogP contribution in [0.3, 0.4) is 0 Å². The number of hydrogen-bond donors (Lipinski definition) is 10. The second-order valence-corrected chi connectivity index (χ2v) is 16.9. The number of fused-ring (bicyclic) bond motifs is 2. The molecule has 0 bridgehead atoms. The number of hydrogen-bond acceptors (Lipinski definition) is 13. The number of rotatable bonds is 22. The SMILES string of the molecule is O=C1C=CC2C(=C1)Oc1cc(O)ccc1C2c1ccc(NC(=O)CSCCC(=O)NCc2ccc(C(=O)N[C@@H](COP(=O)(O)N[C@@H](CCC(=O)O)C(=O)O)C(=O)O)cc2)cc1C(=O)O. The van der Waals surface area contributed by atoms with E-state index in [1.54, 1.807) is 29.4 Å². The molecule has 3 aromatic carbocycles. The summed E-state index contributed by atoms with van der Waals surface area (Å²) in [6.45, 7) is -1.01. The van der Waals surface area contributed by atoms with Crippen LogP contribution in [0, 0.1) is 5.92 Å². The highest BCUT2D eigenvalue weighted by Crippen LogP contribution is 2.49. The highest BCUT2D eigenvalue weighted by atomic mass is 32.2. The Kier molecular flexibility index (Phi) is 16.2. The number of phenols is 1. The highest BCUT2D eigenvalue weighted by molar-refractivity contribution is 7.99. The Hall–Kier alpha value is -6.84. The molecule has 1 aliphatic carbocycles. The zero-order valence-electron chi connectivity index (χ0n) is 33.3. The topological polar surface area (TPSA) is 342 Å². The lowest BCUT2D eigenvalue weighted by Crippen LogP contribution is -2.44. The molecule has 338 valence electrons. The number of carboxylic acid groups (broad SMARTS) is 4. The third-order valence-electron chi connectivity index (χ3n) is 9.60. The third kappa shape index (κ3) is 13.3. The molecule has 0 fully saturated rings. The molecule has 3 amide bonds. The average Bonchev–Trinajstić information content (AvgIpc) is 3.23. The summed E-state index contributed by atoms with van der Waals surface area (Å²) in [4.78, 5) is 106. The van der Waals surface area contributed by atoms with E-state index in [1.807, 2.05) is 0 Å². The molecule has 0 saturated heterocycles. The van der Waals surface area contributed by atoms with Gasteiger partial charge in [-0.05, 0) is 54.0 Å². The minimum Gasteiger partial charge on any atom is -0.508 e. The lowest BCUT2D eigenvalue weighted by atomic mass is 9.74. The number of carboxylic acids is 4. The van der Waals surface area contributed by atoms with Crippen LogP contribution in [-0.2, 0) is 44.4 Å². The molecule has 0 radical (unpaired) electrons. The predicted molar refractivity (Wildman–Crippen MR) is 225 cm³/mol. The Morgan fingerprint density at radius 3 is 2.23 bits per heavy atom. The van der Waals surface area contributed by atoms with Crippen LogP contribution in [-0.4, -0.2) is 108 Å². The Morgan fingerprint density at radius 1 is 0.859 bits per heavy atom. The summed E-state index contributed by atoms with van der Waals surface area (Å²) in [5.74, 6) is -8.32. The van der Waals surface area contributed by atoms with Crippen LogP contribution in [0.15, 0.2) is 84.7 Å². The van der Waals surface area contributed by atoms with Crippen molar-refractivity contribution in [2.75, 3.05) is 23.4 Å². The van der Waals surface area contributed by atoms with Crippen LogP contribution >= 0.6 is 19.5 Å². The van der Waals surface area contributed by atoms with Gasteiger partial charge < -0.3 is 51.1 Å². The minimum absolute atomic E-state index is 0.0188. The first-order valence-corrected chi connectivity index (χ1v) is 21.8. The van der Waals surface area contributed by atoms with Crippen LogP contribution in [0.5, 0.6) is 11.5 Å². The number of aromatic carboxylic acids is 1. The Morgan fingerprint density at radius 2 is 1.56 bits per heavy atom. The lowest BCUT2D eigenvalue weighted by molar-refractivity contribution is -0.142. The van der Waals surface area contributed by atoms with E-state index in [9.17, 15) is 68.2 Å². The van der Waals surface area contributed by atoms with Gasteiger partial charge in [0, 0.05) is 65.9 Å². The number of anilines is 1. The standard InChI is InChI=1S/C41H41N4O17PS/c46-24-6-9-27-32(16-24)62-33-17-25(47)7-10-28(33)37(27)26-8-5-23(15-29(26)39(53)54)43-35(49)20-64-14-13-34(48)42-18-21-1-3-22(4-2-21)38(52)44-31(41(57)58)19-61-63(59,60)45-30(40(55)56)11-12-36(50)51/h1-10,15-17,27,30-31,37,47H,11-14,18-20H2,(H,42,48)(H,43,49)(H,44,52)(H,50,51)(H,53,54)(H,55,56)(H,57,58)(H2,45,59,60)/t27?,30-,31-,37?/m0/s1. The molecule has 1 aliphatic heterocycles. The van der Waals surface area contributed by atoms with E-state index in [0.717, 1.165) is 11.8 Å². The number of aliphatic carboxylic acids is 3. The van der Waals surface area contributed by atoms with Crippen LogP contribution < -0.4 is 25.8 Å². The zero-order chi connectivity index (χ0) is 46.7. The largest absolute Gasteiger partial charge is 0.508 e. The van der Waals surface area contributed by atoms with Crippen molar-refractivity contribution in [1.29, 1.82) is 0 Å². The Labute approximate surface area is 367 Å². The fourth-order valence-corrected chi connectivity index (χ4v) is 8.31. The van der Waals surface area contributed by atoms with Gasteiger partial charge in [0.1, 0.15) is 23.3 Å². The average molecular weight is 925 g/mol. The maximum Gasteiger partial charge on any atom is 0.403 e. The molecule has 5 rings (SSSR count). The van der Waals surface area contributed by atoms with Crippen molar-refractivity contribution in [3.8, 4) is 11.5 Å². The Bertz CT molecular complexity index is 2460. The summed E-state index contributed by atoms with van der Waals surface area (Å²) in [6.07, 6.45) is 3.14. The van der Waals surface area contributed by atoms with Crippen LogP contribution in [0.25, 0.3) is 0 Å². The van der Waals surface area contributed by atoms with Crippen molar-refractivity contribution in [3.63, 3.8) is 0 Å². The molecule has 0 spiro atoms. The van der Waals surface area contributed by atoms with Crippen molar-refractivity contribution in [3.05, 3.63) is 112 Å². The first-order chi connectivity index (χ1) is 30.3. The molecule has 1 heterocycles. The number of benzene rings is 3. The molecular formula is C41H41N4O17PS. The maximum absolute atomic E-state index is 12.8. The molecule has 3 aromatic rings. The van der Waals surface area contributed by atoms with Gasteiger partial charge in [0.05, 0.1) is 17.9 Å². The fraction of sp³-hybridized carbons (Fsp3) is 0.268. The van der Waals surface area contributed by atoms with Crippen LogP contribution in [0.2, 0.25) is 0 Å². The number of allylic oxidation sites excluding steroid dienone is 3. The number of nitrogens with one attached hydrogen (secondary N) is 4. The molecule has 3 unspecified atom stereocenters. The number of ketones is 1. The molecule has 2 aliphatic rings. The molecule has 10 N–H and O–H groups in total. The molecule has 0 saturated carbocycles. The number of amides is 3. The highest BCUT2D eigenvalue weighted by Gasteiger charge is 2.39. The molecule has 21 nitrogen and oxygen atoms in total. The van der Waals surface area contributed by atoms with Gasteiger partial charge in [0.2, 0.25) is 11.8 Å². The molecule has 64 heavy (non-hydrogen) atoms. The normalized spacial score (nSPS) is 16.9. The summed E-state index contributed by atoms with van der Waals surface area (Å²) in [6, 6.07) is 10.9. The van der Waals surface area contributed by atoms with Gasteiger partial charge in [-0.25, -0.2) is 19.2 Å². The number of aromatic hydroxyl groups is 1. The second-order valence-electron chi connectivity index (χ2n) is 14.2. The van der Waals surface area contributed by atoms with E-state index in [1.165, 1.54) is 54.6 Å². The first-order valence-electron chi connectivity index (χ1n) is 19.1. The first kappa shape index (κ1) is 48.2. The molecule has 0 aromatic heterocycles. The molecule has 5 atom stereocenters. The van der Waals surface area contributed by atoms with E-state index in [-0.39, 0.29) is 64.5 Å². The smallest absolute Gasteiger partial charge is 0.403 e. The fourth-order valence-electron chi connectivity index (χ4n) is 6.52. The zero-order valence-corrected chi connectivity index (χ0v) is 35.0. The number of carbonyl (C=O) groups excluding carboxylic acids is 4. The quantitative estimate of drug-likeness (QED) is 0.0511. The van der Waals surface area contributed by atoms with Gasteiger partial charge >= 0.3 is 31.6 Å². The van der Waals surface area contributed by atoms with Crippen molar-refractivity contribution < 1.29 is 82.6 Å². The van der Waals surface area contributed by atoms with Gasteiger partial charge in [0.15, 0.2) is 11.8 Å². The third-order valence-corrected chi connectivity index (χ3v) is 11.7. The molecule has 23 heteroatoms. The van der Waals surface area contributed by atoms with Crippen molar-refractivity contribution in [2.24, 2.45) is 5.92 Å². The number of phenolic OH excluding ortho intramolecular Hbond substituents is 1. The Balaban J connectivity index is 1.06. The minimum atomic E-state index is -4.97. The van der Waals surface area contributed by atoms with Gasteiger partial charge in [-0.3, -0.25) is 33.3 Å². The summed E-state index contributed by atoms with van der Waals surface area (Å²) in [5, 5.41) is 56.9. The van der Waals surface area contributed by atoms with Crippen molar-refractivity contribution in [2.45, 2.75) is 43.8 Å². The van der Waals surface area contributed by atoms with E-state index in [2.05, 4.69) is 20.5 Å².